The van der Waals surface area contributed by atoms with Crippen LogP contribution in [-0.4, -0.2) is 74.3 Å². The Morgan fingerprint density at radius 3 is 2.55 bits per heavy atom. The lowest BCUT2D eigenvalue weighted by Gasteiger charge is -2.12. The summed E-state index contributed by atoms with van der Waals surface area (Å²) in [6.45, 7) is 0.0556. The number of pyridine rings is 1. The first-order chi connectivity index (χ1) is 19.1. The molecular formula is C25H26FN9O4S. The molecule has 0 atom stereocenters. The number of rotatable bonds is 8. The maximum Gasteiger partial charge on any atom is 0.308 e. The summed E-state index contributed by atoms with van der Waals surface area (Å²) in [7, 11) is 3.69. The van der Waals surface area contributed by atoms with Crippen LogP contribution in [0.1, 0.15) is 5.69 Å². The Morgan fingerprint density at radius 2 is 1.88 bits per heavy atom. The van der Waals surface area contributed by atoms with Gasteiger partial charge in [0.05, 0.1) is 44.5 Å². The summed E-state index contributed by atoms with van der Waals surface area (Å²) < 4.78 is 56.3. The number of methoxy groups -OCH3 is 2. The molecule has 0 saturated heterocycles. The fourth-order valence-electron chi connectivity index (χ4n) is 3.94. The second kappa shape index (κ2) is 10.5. The summed E-state index contributed by atoms with van der Waals surface area (Å²) in [6.07, 6.45) is 7.72. The zero-order chi connectivity index (χ0) is 28.6. The number of aromatic nitrogens is 7. The zero-order valence-electron chi connectivity index (χ0n) is 22.3. The van der Waals surface area contributed by atoms with E-state index in [4.69, 9.17) is 14.5 Å². The van der Waals surface area contributed by atoms with Crippen molar-refractivity contribution < 1.29 is 22.3 Å². The van der Waals surface area contributed by atoms with E-state index in [-0.39, 0.29) is 18.0 Å². The van der Waals surface area contributed by atoms with E-state index < -0.39 is 16.0 Å². The number of aryl methyl sites for hydroxylation is 1. The Morgan fingerprint density at radius 1 is 1.07 bits per heavy atom. The van der Waals surface area contributed by atoms with Crippen LogP contribution in [-0.2, 0) is 23.8 Å². The molecule has 0 spiro atoms. The van der Waals surface area contributed by atoms with Crippen LogP contribution in [0.25, 0.3) is 22.4 Å². The van der Waals surface area contributed by atoms with Crippen LogP contribution in [0.5, 0.6) is 11.5 Å². The molecule has 4 aromatic heterocycles. The quantitative estimate of drug-likeness (QED) is 0.278. The molecule has 0 N–H and O–H groups in total. The fourth-order valence-corrected chi connectivity index (χ4v) is 4.73. The second-order valence-electron chi connectivity index (χ2n) is 8.90. The van der Waals surface area contributed by atoms with E-state index in [1.807, 2.05) is 0 Å². The summed E-state index contributed by atoms with van der Waals surface area (Å²) in [5.41, 5.74) is 2.94. The third-order valence-electron chi connectivity index (χ3n) is 6.05. The van der Waals surface area contributed by atoms with Gasteiger partial charge in [0, 0.05) is 51.2 Å². The van der Waals surface area contributed by atoms with Crippen LogP contribution in [0.2, 0.25) is 0 Å². The van der Waals surface area contributed by atoms with Crippen LogP contribution in [0.4, 0.5) is 10.1 Å². The van der Waals surface area contributed by atoms with Gasteiger partial charge in [0.25, 0.3) is 0 Å². The SMILES string of the molecule is COc1cc(/N=c2\ccc3ncc(-c4cnn(C)c4)nc3n2Cc2cn(S(=O)(=O)N(C)C)cn2)c(F)c(OC)c1. The highest BCUT2D eigenvalue weighted by atomic mass is 32.2. The summed E-state index contributed by atoms with van der Waals surface area (Å²) in [6, 6.07) is 6.25. The molecule has 0 amide bonds. The second-order valence-corrected chi connectivity index (χ2v) is 11.0. The molecular weight excluding hydrogens is 541 g/mol. The molecule has 0 saturated carbocycles. The lowest BCUT2D eigenvalue weighted by molar-refractivity contribution is 0.374. The summed E-state index contributed by atoms with van der Waals surface area (Å²) in [5.74, 6) is -0.348. The van der Waals surface area contributed by atoms with E-state index in [1.165, 1.54) is 53.0 Å². The van der Waals surface area contributed by atoms with E-state index >= 15 is 4.39 Å². The van der Waals surface area contributed by atoms with E-state index in [0.717, 1.165) is 13.8 Å². The van der Waals surface area contributed by atoms with Gasteiger partial charge in [-0.3, -0.25) is 9.67 Å². The van der Waals surface area contributed by atoms with Gasteiger partial charge >= 0.3 is 10.2 Å². The van der Waals surface area contributed by atoms with Gasteiger partial charge in [0.2, 0.25) is 0 Å². The third kappa shape index (κ3) is 5.03. The Labute approximate surface area is 229 Å². The number of benzene rings is 1. The van der Waals surface area contributed by atoms with Crippen LogP contribution < -0.4 is 15.0 Å². The number of hydrogen-bond acceptors (Lipinski definition) is 9. The Hall–Kier alpha value is -4.63. The summed E-state index contributed by atoms with van der Waals surface area (Å²) in [4.78, 5) is 18.2. The smallest absolute Gasteiger partial charge is 0.308 e. The van der Waals surface area contributed by atoms with Gasteiger partial charge in [-0.15, -0.1) is 0 Å². The lowest BCUT2D eigenvalue weighted by atomic mass is 10.2. The molecule has 0 bridgehead atoms. The predicted molar refractivity (Wildman–Crippen MR) is 144 cm³/mol. The van der Waals surface area contributed by atoms with Crippen molar-refractivity contribution in [1.82, 2.24) is 37.6 Å². The van der Waals surface area contributed by atoms with Gasteiger partial charge < -0.3 is 14.0 Å². The van der Waals surface area contributed by atoms with Crippen molar-refractivity contribution in [3.05, 3.63) is 72.4 Å². The van der Waals surface area contributed by atoms with E-state index in [9.17, 15) is 8.42 Å². The van der Waals surface area contributed by atoms with Gasteiger partial charge in [-0.05, 0) is 12.1 Å². The zero-order valence-corrected chi connectivity index (χ0v) is 23.2. The maximum atomic E-state index is 15.2. The standard InChI is InChI=1S/C25H26FN9O4S/c1-32(2)40(36,37)34-13-17(28-15-34)14-35-23(30-20-8-18(38-4)9-22(39-5)24(20)26)7-6-19-25(35)31-21(11-27-19)16-10-29-33(3)12-16/h6-13,15H,14H2,1-5H3/b30-23+. The Bertz CT molecular complexity index is 1890. The highest BCUT2D eigenvalue weighted by molar-refractivity contribution is 7.87. The fraction of sp³-hybridized carbons (Fsp3) is 0.240. The molecule has 0 unspecified atom stereocenters. The molecule has 0 aliphatic carbocycles. The van der Waals surface area contributed by atoms with Crippen molar-refractivity contribution in [2.75, 3.05) is 28.3 Å². The number of fused-ring (bicyclic) bond motifs is 1. The van der Waals surface area contributed by atoms with Crippen LogP contribution in [0.15, 0.2) is 60.4 Å². The molecule has 0 aliphatic rings. The van der Waals surface area contributed by atoms with Crippen LogP contribution in [0, 0.1) is 5.82 Å². The van der Waals surface area contributed by atoms with Crippen molar-refractivity contribution in [2.24, 2.45) is 12.0 Å². The van der Waals surface area contributed by atoms with Crippen molar-refractivity contribution >= 4 is 27.1 Å². The molecule has 0 aliphatic heterocycles. The molecule has 4 heterocycles. The normalized spacial score (nSPS) is 12.4. The van der Waals surface area contributed by atoms with E-state index in [2.05, 4.69) is 20.1 Å². The molecule has 13 nitrogen and oxygen atoms in total. The molecule has 1 aromatic carbocycles. The molecule has 0 fully saturated rings. The van der Waals surface area contributed by atoms with Crippen LogP contribution >= 0.6 is 0 Å². The Balaban J connectivity index is 1.74. The van der Waals surface area contributed by atoms with Gasteiger partial charge in [-0.1, -0.05) is 0 Å². The van der Waals surface area contributed by atoms with Crippen LogP contribution in [0.3, 0.4) is 0 Å². The highest BCUT2D eigenvalue weighted by Gasteiger charge is 2.18. The monoisotopic (exact) mass is 567 g/mol. The van der Waals surface area contributed by atoms with Crippen molar-refractivity contribution in [2.45, 2.75) is 6.54 Å². The molecule has 5 rings (SSSR count). The third-order valence-corrected chi connectivity index (χ3v) is 7.71. The van der Waals surface area contributed by atoms with Gasteiger partial charge in [-0.2, -0.15) is 17.8 Å². The first kappa shape index (κ1) is 27.0. The number of imidazole rings is 1. The minimum absolute atomic E-state index is 0.0265. The molecule has 15 heteroatoms. The van der Waals surface area contributed by atoms with Crippen molar-refractivity contribution in [1.29, 1.82) is 0 Å². The molecule has 0 radical (unpaired) electrons. The molecule has 5 aromatic rings. The molecule has 40 heavy (non-hydrogen) atoms. The average molecular weight is 568 g/mol. The number of halogens is 1. The average Bonchev–Trinajstić information content (AvgIpc) is 3.60. The van der Waals surface area contributed by atoms with Crippen molar-refractivity contribution in [3.8, 4) is 22.8 Å². The first-order valence-electron chi connectivity index (χ1n) is 11.9. The number of ether oxygens (including phenoxy) is 2. The summed E-state index contributed by atoms with van der Waals surface area (Å²) >= 11 is 0. The first-order valence-corrected chi connectivity index (χ1v) is 13.3. The van der Waals surface area contributed by atoms with E-state index in [0.29, 0.717) is 33.8 Å². The van der Waals surface area contributed by atoms with Crippen molar-refractivity contribution in [3.63, 3.8) is 0 Å². The topological polar surface area (TPSA) is 135 Å². The predicted octanol–water partition coefficient (Wildman–Crippen LogP) is 2.12. The summed E-state index contributed by atoms with van der Waals surface area (Å²) in [5, 5.41) is 4.20. The number of nitrogens with zero attached hydrogens (tertiary/aromatic N) is 9. The Kier molecular flexibility index (Phi) is 7.08. The molecule has 208 valence electrons. The van der Waals surface area contributed by atoms with Gasteiger partial charge in [-0.25, -0.2) is 23.3 Å². The van der Waals surface area contributed by atoms with E-state index in [1.54, 1.807) is 47.0 Å². The van der Waals surface area contributed by atoms with Gasteiger partial charge in [0.1, 0.15) is 28.8 Å². The maximum absolute atomic E-state index is 15.2. The number of hydrogen-bond donors (Lipinski definition) is 0. The van der Waals surface area contributed by atoms with Gasteiger partial charge in [0.15, 0.2) is 17.2 Å². The largest absolute Gasteiger partial charge is 0.497 e. The highest BCUT2D eigenvalue weighted by Crippen LogP contribution is 2.32. The lowest BCUT2D eigenvalue weighted by Crippen LogP contribution is -2.27. The minimum atomic E-state index is -3.77. The minimum Gasteiger partial charge on any atom is -0.497 e.